The van der Waals surface area contributed by atoms with Gasteiger partial charge in [0, 0.05) is 28.9 Å². The van der Waals surface area contributed by atoms with E-state index in [9.17, 15) is 0 Å². The summed E-state index contributed by atoms with van der Waals surface area (Å²) in [7, 11) is 5.99. The SMILES string of the molecule is COc1ccc2c(c1)N(CC(C)CN(C)C)c1ccccc1S2.Cl. The highest BCUT2D eigenvalue weighted by molar-refractivity contribution is 7.99. The first-order valence-corrected chi connectivity index (χ1v) is 8.77. The fraction of sp³-hybridized carbons (Fsp3) is 0.368. The van der Waals surface area contributed by atoms with Crippen molar-refractivity contribution in [2.75, 3.05) is 39.2 Å². The largest absolute Gasteiger partial charge is 0.497 e. The highest BCUT2D eigenvalue weighted by Gasteiger charge is 2.25. The molecule has 0 N–H and O–H groups in total. The second-order valence-electron chi connectivity index (χ2n) is 6.38. The molecule has 3 rings (SSSR count). The van der Waals surface area contributed by atoms with Crippen LogP contribution in [0.15, 0.2) is 52.3 Å². The molecule has 0 saturated carbocycles. The number of fused-ring (bicyclic) bond motifs is 2. The molecule has 0 aliphatic carbocycles. The Kier molecular flexibility index (Phi) is 6.44. The first-order chi connectivity index (χ1) is 11.1. The highest BCUT2D eigenvalue weighted by atomic mass is 35.5. The average Bonchev–Trinajstić information content (AvgIpc) is 2.53. The Labute approximate surface area is 155 Å². The van der Waals surface area contributed by atoms with E-state index in [1.807, 2.05) is 17.8 Å². The molecule has 3 nitrogen and oxygen atoms in total. The van der Waals surface area contributed by atoms with E-state index in [4.69, 9.17) is 4.74 Å². The Morgan fingerprint density at radius 2 is 1.79 bits per heavy atom. The van der Waals surface area contributed by atoms with E-state index in [0.29, 0.717) is 5.92 Å². The molecule has 5 heteroatoms. The topological polar surface area (TPSA) is 15.7 Å². The molecule has 0 spiro atoms. The van der Waals surface area contributed by atoms with Gasteiger partial charge in [-0.05, 0) is 44.3 Å². The Morgan fingerprint density at radius 3 is 2.50 bits per heavy atom. The van der Waals surface area contributed by atoms with Crippen molar-refractivity contribution in [3.8, 4) is 5.75 Å². The molecule has 1 heterocycles. The lowest BCUT2D eigenvalue weighted by atomic mass is 10.1. The summed E-state index contributed by atoms with van der Waals surface area (Å²) in [6.07, 6.45) is 0. The van der Waals surface area contributed by atoms with Gasteiger partial charge in [-0.25, -0.2) is 0 Å². The van der Waals surface area contributed by atoms with Crippen LogP contribution in [0.3, 0.4) is 0 Å². The van der Waals surface area contributed by atoms with Crippen LogP contribution >= 0.6 is 24.2 Å². The number of methoxy groups -OCH3 is 1. The molecule has 0 fully saturated rings. The van der Waals surface area contributed by atoms with E-state index < -0.39 is 0 Å². The van der Waals surface area contributed by atoms with Crippen molar-refractivity contribution in [2.24, 2.45) is 5.92 Å². The molecule has 1 unspecified atom stereocenters. The quantitative estimate of drug-likeness (QED) is 0.748. The van der Waals surface area contributed by atoms with Gasteiger partial charge in [0.2, 0.25) is 0 Å². The van der Waals surface area contributed by atoms with Crippen molar-refractivity contribution >= 4 is 35.5 Å². The first-order valence-electron chi connectivity index (χ1n) is 7.95. The van der Waals surface area contributed by atoms with Gasteiger partial charge in [0.25, 0.3) is 0 Å². The van der Waals surface area contributed by atoms with Gasteiger partial charge in [0.1, 0.15) is 5.75 Å². The van der Waals surface area contributed by atoms with Crippen LogP contribution in [0.2, 0.25) is 0 Å². The lowest BCUT2D eigenvalue weighted by Crippen LogP contribution is -2.31. The van der Waals surface area contributed by atoms with Gasteiger partial charge >= 0.3 is 0 Å². The average molecular weight is 365 g/mol. The number of halogens is 1. The van der Waals surface area contributed by atoms with Crippen molar-refractivity contribution in [1.82, 2.24) is 4.90 Å². The molecule has 2 aromatic carbocycles. The van der Waals surface area contributed by atoms with Crippen LogP contribution in [-0.4, -0.2) is 39.2 Å². The summed E-state index contributed by atoms with van der Waals surface area (Å²) in [4.78, 5) is 7.31. The summed E-state index contributed by atoms with van der Waals surface area (Å²) in [5, 5.41) is 0. The van der Waals surface area contributed by atoms with Gasteiger partial charge in [-0.3, -0.25) is 0 Å². The zero-order chi connectivity index (χ0) is 16.4. The molecule has 0 amide bonds. The second-order valence-corrected chi connectivity index (χ2v) is 7.47. The maximum Gasteiger partial charge on any atom is 0.121 e. The molecule has 24 heavy (non-hydrogen) atoms. The summed E-state index contributed by atoms with van der Waals surface area (Å²) in [6, 6.07) is 15.0. The zero-order valence-electron chi connectivity index (χ0n) is 14.7. The molecule has 2 aromatic rings. The molecule has 130 valence electrons. The predicted molar refractivity (Wildman–Crippen MR) is 106 cm³/mol. The van der Waals surface area contributed by atoms with E-state index in [-0.39, 0.29) is 12.4 Å². The van der Waals surface area contributed by atoms with E-state index in [1.54, 1.807) is 7.11 Å². The summed E-state index contributed by atoms with van der Waals surface area (Å²) in [5.74, 6) is 1.48. The monoisotopic (exact) mass is 364 g/mol. The lowest BCUT2D eigenvalue weighted by Gasteiger charge is -2.35. The Morgan fingerprint density at radius 1 is 1.08 bits per heavy atom. The second kappa shape index (κ2) is 8.15. The fourth-order valence-corrected chi connectivity index (χ4v) is 4.20. The third-order valence-corrected chi connectivity index (χ3v) is 5.13. The third kappa shape index (κ3) is 4.00. The van der Waals surface area contributed by atoms with Gasteiger partial charge in [-0.2, -0.15) is 0 Å². The summed E-state index contributed by atoms with van der Waals surface area (Å²) in [5.41, 5.74) is 2.54. The number of hydrogen-bond donors (Lipinski definition) is 0. The normalized spacial score (nSPS) is 13.8. The van der Waals surface area contributed by atoms with Crippen LogP contribution in [0.25, 0.3) is 0 Å². The molecule has 0 bridgehead atoms. The fourth-order valence-electron chi connectivity index (χ4n) is 3.13. The van der Waals surface area contributed by atoms with E-state index in [2.05, 4.69) is 67.2 Å². The molecule has 0 aromatic heterocycles. The van der Waals surface area contributed by atoms with Gasteiger partial charge in [0.05, 0.1) is 18.5 Å². The number of hydrogen-bond acceptors (Lipinski definition) is 4. The number of ether oxygens (including phenoxy) is 1. The minimum absolute atomic E-state index is 0. The Hall–Kier alpha value is -1.36. The minimum Gasteiger partial charge on any atom is -0.497 e. The number of nitrogens with zero attached hydrogens (tertiary/aromatic N) is 2. The molecular weight excluding hydrogens is 340 g/mol. The van der Waals surface area contributed by atoms with Gasteiger partial charge < -0.3 is 14.5 Å². The molecular formula is C19H25ClN2OS. The van der Waals surface area contributed by atoms with E-state index >= 15 is 0 Å². The smallest absolute Gasteiger partial charge is 0.121 e. The van der Waals surface area contributed by atoms with Gasteiger partial charge in [-0.15, -0.1) is 12.4 Å². The van der Waals surface area contributed by atoms with Crippen LogP contribution in [0.5, 0.6) is 5.75 Å². The molecule has 1 aliphatic heterocycles. The molecule has 1 aliphatic rings. The maximum absolute atomic E-state index is 5.44. The first kappa shape index (κ1) is 19.0. The number of benzene rings is 2. The van der Waals surface area contributed by atoms with Gasteiger partial charge in [0.15, 0.2) is 0 Å². The third-order valence-electron chi connectivity index (χ3n) is 4.00. The van der Waals surface area contributed by atoms with Crippen LogP contribution in [0.4, 0.5) is 11.4 Å². The molecule has 0 radical (unpaired) electrons. The van der Waals surface area contributed by atoms with Gasteiger partial charge in [-0.1, -0.05) is 30.8 Å². The van der Waals surface area contributed by atoms with Crippen LogP contribution in [0.1, 0.15) is 6.92 Å². The number of para-hydroxylation sites is 1. The lowest BCUT2D eigenvalue weighted by molar-refractivity contribution is 0.342. The molecule has 1 atom stereocenters. The Balaban J connectivity index is 0.00000208. The number of anilines is 2. The summed E-state index contributed by atoms with van der Waals surface area (Å²) in [6.45, 7) is 4.38. The highest BCUT2D eigenvalue weighted by Crippen LogP contribution is 2.49. The van der Waals surface area contributed by atoms with Crippen LogP contribution < -0.4 is 9.64 Å². The van der Waals surface area contributed by atoms with E-state index in [0.717, 1.165) is 18.8 Å². The number of rotatable bonds is 5. The zero-order valence-corrected chi connectivity index (χ0v) is 16.3. The van der Waals surface area contributed by atoms with Crippen molar-refractivity contribution in [2.45, 2.75) is 16.7 Å². The van der Waals surface area contributed by atoms with E-state index in [1.165, 1.54) is 21.2 Å². The summed E-state index contributed by atoms with van der Waals surface area (Å²) >= 11 is 1.84. The van der Waals surface area contributed by atoms with Crippen molar-refractivity contribution in [3.05, 3.63) is 42.5 Å². The van der Waals surface area contributed by atoms with Crippen LogP contribution in [0, 0.1) is 5.92 Å². The standard InChI is InChI=1S/C19H24N2OS.ClH/c1-14(12-20(2)3)13-21-16-7-5-6-8-18(16)23-19-10-9-15(22-4)11-17(19)21;/h5-11,14H,12-13H2,1-4H3;1H. The minimum atomic E-state index is 0. The van der Waals surface area contributed by atoms with Crippen molar-refractivity contribution < 1.29 is 4.74 Å². The van der Waals surface area contributed by atoms with Crippen LogP contribution in [-0.2, 0) is 0 Å². The predicted octanol–water partition coefficient (Wildman–Crippen LogP) is 4.92. The van der Waals surface area contributed by atoms with Crippen molar-refractivity contribution in [3.63, 3.8) is 0 Å². The Bertz CT molecular complexity index is 693. The molecule has 0 saturated heterocycles. The maximum atomic E-state index is 5.44. The summed E-state index contributed by atoms with van der Waals surface area (Å²) < 4.78 is 5.44. The van der Waals surface area contributed by atoms with Crippen molar-refractivity contribution in [1.29, 1.82) is 0 Å².